The molecule has 2 N–H and O–H groups in total. The van der Waals surface area contributed by atoms with E-state index in [0.29, 0.717) is 12.5 Å². The number of hydrogen-bond donors (Lipinski definition) is 1. The van der Waals surface area contributed by atoms with Crippen LogP contribution in [0.4, 0.5) is 0 Å². The van der Waals surface area contributed by atoms with Crippen molar-refractivity contribution in [2.45, 2.75) is 38.7 Å². The van der Waals surface area contributed by atoms with Crippen molar-refractivity contribution in [3.63, 3.8) is 0 Å². The summed E-state index contributed by atoms with van der Waals surface area (Å²) < 4.78 is 10.3. The molecule has 0 amide bonds. The molecule has 0 radical (unpaired) electrons. The third-order valence-corrected chi connectivity index (χ3v) is 2.88. The van der Waals surface area contributed by atoms with Gasteiger partial charge in [-0.25, -0.2) is 4.79 Å². The Hall–Kier alpha value is -1.14. The molecule has 0 spiro atoms. The summed E-state index contributed by atoms with van der Waals surface area (Å²) >= 11 is 0. The van der Waals surface area contributed by atoms with Gasteiger partial charge in [0.25, 0.3) is 0 Å². The minimum Gasteiger partial charge on any atom is -0.466 e. The molecule has 17 heavy (non-hydrogen) atoms. The van der Waals surface area contributed by atoms with E-state index >= 15 is 0 Å². The molecule has 1 aliphatic rings. The summed E-state index contributed by atoms with van der Waals surface area (Å²) in [7, 11) is 0. The van der Waals surface area contributed by atoms with Gasteiger partial charge in [0.05, 0.1) is 12.7 Å². The van der Waals surface area contributed by atoms with E-state index in [4.69, 9.17) is 15.4 Å². The maximum atomic E-state index is 10.8. The lowest BCUT2D eigenvalue weighted by Gasteiger charge is -2.27. The molecule has 0 unspecified atom stereocenters. The lowest BCUT2D eigenvalue weighted by Crippen LogP contribution is -2.27. The molecule has 0 bridgehead atoms. The second kappa shape index (κ2) is 7.24. The van der Waals surface area contributed by atoms with Crippen molar-refractivity contribution in [2.24, 2.45) is 11.8 Å². The second-order valence-corrected chi connectivity index (χ2v) is 4.25. The van der Waals surface area contributed by atoms with Crippen LogP contribution in [0.1, 0.15) is 32.6 Å². The van der Waals surface area contributed by atoms with E-state index in [1.54, 1.807) is 0 Å². The van der Waals surface area contributed by atoms with Crippen LogP contribution in [0.15, 0.2) is 0 Å². The van der Waals surface area contributed by atoms with Gasteiger partial charge < -0.3 is 14.3 Å². The monoisotopic (exact) mass is 245 g/mol. The van der Waals surface area contributed by atoms with Gasteiger partial charge in [-0.05, 0) is 31.6 Å². The second-order valence-electron chi connectivity index (χ2n) is 4.25. The SMILES string of the molecule is CC(=O)OCC1CCC(OCC(=O)ON)CC1. The van der Waals surface area contributed by atoms with Gasteiger partial charge in [-0.2, -0.15) is 5.90 Å². The van der Waals surface area contributed by atoms with Crippen molar-refractivity contribution in [1.82, 2.24) is 0 Å². The minimum absolute atomic E-state index is 0.0719. The number of nitrogens with two attached hydrogens (primary N) is 1. The van der Waals surface area contributed by atoms with E-state index in [1.165, 1.54) is 6.92 Å². The van der Waals surface area contributed by atoms with E-state index in [9.17, 15) is 9.59 Å². The fraction of sp³-hybridized carbons (Fsp3) is 0.818. The highest BCUT2D eigenvalue weighted by Crippen LogP contribution is 2.26. The average Bonchev–Trinajstić information content (AvgIpc) is 2.34. The van der Waals surface area contributed by atoms with Crippen LogP contribution in [0.5, 0.6) is 0 Å². The summed E-state index contributed by atoms with van der Waals surface area (Å²) in [5.74, 6) is 4.30. The molecule has 0 aromatic carbocycles. The zero-order valence-electron chi connectivity index (χ0n) is 10.0. The standard InChI is InChI=1S/C11H19NO5/c1-8(13)15-6-9-2-4-10(5-3-9)16-7-11(14)17-12/h9-10H,2-7,12H2,1H3. The van der Waals surface area contributed by atoms with Gasteiger partial charge in [-0.1, -0.05) is 0 Å². The maximum Gasteiger partial charge on any atom is 0.350 e. The Bertz CT molecular complexity index is 261. The Morgan fingerprint density at radius 3 is 2.41 bits per heavy atom. The number of rotatable bonds is 5. The van der Waals surface area contributed by atoms with E-state index in [2.05, 4.69) is 4.84 Å². The van der Waals surface area contributed by atoms with Crippen molar-refractivity contribution in [3.8, 4) is 0 Å². The predicted molar refractivity (Wildman–Crippen MR) is 58.6 cm³/mol. The molecule has 1 aliphatic carbocycles. The van der Waals surface area contributed by atoms with Gasteiger partial charge in [0.2, 0.25) is 0 Å². The summed E-state index contributed by atoms with van der Waals surface area (Å²) in [6.45, 7) is 1.79. The number of ether oxygens (including phenoxy) is 2. The third kappa shape index (κ3) is 5.65. The number of esters is 1. The summed E-state index contributed by atoms with van der Waals surface area (Å²) in [6.07, 6.45) is 3.68. The van der Waals surface area contributed by atoms with Crippen molar-refractivity contribution >= 4 is 11.9 Å². The van der Waals surface area contributed by atoms with Crippen LogP contribution < -0.4 is 5.90 Å². The largest absolute Gasteiger partial charge is 0.466 e. The van der Waals surface area contributed by atoms with E-state index in [1.807, 2.05) is 0 Å². The van der Waals surface area contributed by atoms with Crippen molar-refractivity contribution in [3.05, 3.63) is 0 Å². The number of carbonyl (C=O) groups is 2. The summed E-state index contributed by atoms with van der Waals surface area (Å²) in [6, 6.07) is 0. The first kappa shape index (κ1) is 13.9. The minimum atomic E-state index is -0.563. The predicted octanol–water partition coefficient (Wildman–Crippen LogP) is 0.542. The van der Waals surface area contributed by atoms with Gasteiger partial charge in [-0.3, -0.25) is 4.79 Å². The first-order valence-corrected chi connectivity index (χ1v) is 5.76. The zero-order valence-corrected chi connectivity index (χ0v) is 10.0. The normalized spacial score (nSPS) is 24.1. The molecule has 98 valence electrons. The average molecular weight is 245 g/mol. The lowest BCUT2D eigenvalue weighted by molar-refractivity contribution is -0.153. The highest BCUT2D eigenvalue weighted by atomic mass is 16.7. The van der Waals surface area contributed by atoms with Gasteiger partial charge in [0.15, 0.2) is 0 Å². The van der Waals surface area contributed by atoms with Crippen LogP contribution in [0, 0.1) is 5.92 Å². The summed E-state index contributed by atoms with van der Waals surface area (Å²) in [4.78, 5) is 25.4. The van der Waals surface area contributed by atoms with Crippen molar-refractivity contribution in [1.29, 1.82) is 0 Å². The molecule has 0 heterocycles. The van der Waals surface area contributed by atoms with Crippen molar-refractivity contribution < 1.29 is 23.9 Å². The Kier molecular flexibility index (Phi) is 5.93. The highest BCUT2D eigenvalue weighted by Gasteiger charge is 2.23. The van der Waals surface area contributed by atoms with Crippen LogP contribution in [0.25, 0.3) is 0 Å². The maximum absolute atomic E-state index is 10.8. The molecule has 1 fully saturated rings. The Labute approximate surface area is 100 Å². The smallest absolute Gasteiger partial charge is 0.350 e. The Morgan fingerprint density at radius 2 is 1.88 bits per heavy atom. The zero-order chi connectivity index (χ0) is 12.7. The number of hydrogen-bond acceptors (Lipinski definition) is 6. The molecule has 0 aromatic rings. The van der Waals surface area contributed by atoms with Crippen LogP contribution in [0.3, 0.4) is 0 Å². The van der Waals surface area contributed by atoms with Crippen LogP contribution in [-0.4, -0.2) is 31.3 Å². The highest BCUT2D eigenvalue weighted by molar-refractivity contribution is 5.70. The van der Waals surface area contributed by atoms with Crippen LogP contribution in [-0.2, 0) is 23.9 Å². The first-order valence-electron chi connectivity index (χ1n) is 5.76. The van der Waals surface area contributed by atoms with E-state index < -0.39 is 5.97 Å². The van der Waals surface area contributed by atoms with Gasteiger partial charge >= 0.3 is 11.9 Å². The Morgan fingerprint density at radius 1 is 1.24 bits per heavy atom. The fourth-order valence-corrected chi connectivity index (χ4v) is 1.92. The van der Waals surface area contributed by atoms with Gasteiger partial charge in [0, 0.05) is 6.92 Å². The van der Waals surface area contributed by atoms with Crippen LogP contribution in [0.2, 0.25) is 0 Å². The topological polar surface area (TPSA) is 87.8 Å². The molecular weight excluding hydrogens is 226 g/mol. The van der Waals surface area contributed by atoms with Crippen LogP contribution >= 0.6 is 0 Å². The van der Waals surface area contributed by atoms with Gasteiger partial charge in [-0.15, -0.1) is 0 Å². The lowest BCUT2D eigenvalue weighted by atomic mass is 9.88. The Balaban J connectivity index is 2.13. The van der Waals surface area contributed by atoms with E-state index in [0.717, 1.165) is 25.7 Å². The molecule has 6 nitrogen and oxygen atoms in total. The molecular formula is C11H19NO5. The molecule has 0 atom stereocenters. The fourth-order valence-electron chi connectivity index (χ4n) is 1.92. The van der Waals surface area contributed by atoms with Crippen molar-refractivity contribution in [2.75, 3.05) is 13.2 Å². The molecule has 0 saturated heterocycles. The molecule has 0 aromatic heterocycles. The van der Waals surface area contributed by atoms with Gasteiger partial charge in [0.1, 0.15) is 6.61 Å². The molecule has 1 rings (SSSR count). The first-order chi connectivity index (χ1) is 8.11. The molecule has 6 heteroatoms. The van der Waals surface area contributed by atoms with E-state index in [-0.39, 0.29) is 18.7 Å². The third-order valence-electron chi connectivity index (χ3n) is 2.88. The summed E-state index contributed by atoms with van der Waals surface area (Å²) in [5, 5.41) is 0. The number of carbonyl (C=O) groups excluding carboxylic acids is 2. The summed E-state index contributed by atoms with van der Waals surface area (Å²) in [5.41, 5.74) is 0. The quantitative estimate of drug-likeness (QED) is 0.562. The molecule has 0 aliphatic heterocycles. The molecule has 1 saturated carbocycles.